The molecule has 0 aromatic heterocycles. The van der Waals surface area contributed by atoms with Crippen LogP contribution in [0.1, 0.15) is 115 Å². The van der Waals surface area contributed by atoms with Gasteiger partial charge >= 0.3 is 37.9 Å². The minimum absolute atomic E-state index is 0.514. The second-order valence-corrected chi connectivity index (χ2v) is 23.6. The zero-order valence-corrected chi connectivity index (χ0v) is 43.9. The Morgan fingerprint density at radius 1 is 0.453 bits per heavy atom. The van der Waals surface area contributed by atoms with Gasteiger partial charge in [-0.15, -0.1) is 69.1 Å². The third-order valence-electron chi connectivity index (χ3n) is 14.8. The SMILES string of the molecule is CCC1(Cc2cc3c(-c4cccc5ccccc45)cccc3[cH-]2)CCCCCC1.CCC1(Cc2cc3c(-c4cccc5ccccc45)cccc3[cH-]2)CCCCCC1.C[Si]C.[Cl][Zr+2][Cl]. The first kappa shape index (κ1) is 48.7. The second-order valence-electron chi connectivity index (χ2n) is 18.9. The zero-order valence-electron chi connectivity index (χ0n) is 38.9. The van der Waals surface area contributed by atoms with Crippen molar-refractivity contribution in [3.8, 4) is 22.3 Å². The van der Waals surface area contributed by atoms with E-state index in [4.69, 9.17) is 17.0 Å². The first-order valence-corrected chi connectivity index (χ1v) is 32.6. The number of fused-ring (bicyclic) bond motifs is 4. The van der Waals surface area contributed by atoms with E-state index in [2.05, 4.69) is 173 Å². The predicted molar refractivity (Wildman–Crippen MR) is 282 cm³/mol. The molecule has 0 unspecified atom stereocenters. The third kappa shape index (κ3) is 11.8. The molecule has 0 N–H and O–H groups in total. The average Bonchev–Trinajstić information content (AvgIpc) is 3.75. The molecule has 0 aliphatic heterocycles. The van der Waals surface area contributed by atoms with Crippen LogP contribution in [0, 0.1) is 10.8 Å². The number of rotatable bonds is 8. The van der Waals surface area contributed by atoms with Gasteiger partial charge in [0.25, 0.3) is 0 Å². The number of hydrogen-bond donors (Lipinski definition) is 0. The normalized spacial score (nSPS) is 15.7. The molecule has 2 radical (unpaired) electrons. The molecule has 330 valence electrons. The van der Waals surface area contributed by atoms with E-state index in [9.17, 15) is 0 Å². The molecule has 8 aromatic rings. The molecule has 64 heavy (non-hydrogen) atoms. The van der Waals surface area contributed by atoms with Gasteiger partial charge in [-0.25, -0.2) is 0 Å². The molecule has 0 atom stereocenters. The van der Waals surface area contributed by atoms with Crippen LogP contribution in [0.5, 0.6) is 0 Å². The average molecular weight is 979 g/mol. The fourth-order valence-electron chi connectivity index (χ4n) is 11.3. The van der Waals surface area contributed by atoms with Gasteiger partial charge < -0.3 is 0 Å². The Labute approximate surface area is 406 Å². The van der Waals surface area contributed by atoms with Gasteiger partial charge in [-0.05, 0) is 82.0 Å². The van der Waals surface area contributed by atoms with Crippen molar-refractivity contribution in [2.24, 2.45) is 10.8 Å². The van der Waals surface area contributed by atoms with E-state index in [1.165, 1.54) is 179 Å². The van der Waals surface area contributed by atoms with Crippen LogP contribution >= 0.6 is 17.0 Å². The minimum atomic E-state index is -0.826. The first-order chi connectivity index (χ1) is 31.4. The van der Waals surface area contributed by atoms with Crippen LogP contribution in [0.15, 0.2) is 146 Å². The molecule has 0 spiro atoms. The van der Waals surface area contributed by atoms with Crippen LogP contribution in [0.3, 0.4) is 0 Å². The summed E-state index contributed by atoms with van der Waals surface area (Å²) in [5, 5.41) is 10.9. The van der Waals surface area contributed by atoms with Crippen molar-refractivity contribution >= 4 is 69.6 Å². The Kier molecular flexibility index (Phi) is 18.2. The monoisotopic (exact) mass is 976 g/mol. The van der Waals surface area contributed by atoms with Crippen LogP contribution in [-0.2, 0) is 33.7 Å². The molecule has 2 saturated carbocycles. The molecule has 2 aliphatic carbocycles. The van der Waals surface area contributed by atoms with E-state index >= 15 is 0 Å². The van der Waals surface area contributed by atoms with Crippen molar-refractivity contribution in [2.45, 2.75) is 130 Å². The van der Waals surface area contributed by atoms with Gasteiger partial charge in [-0.2, -0.15) is 12.1 Å². The molecule has 10 rings (SSSR count). The Hall–Kier alpha value is -3.26. The number of benzene rings is 6. The summed E-state index contributed by atoms with van der Waals surface area (Å²) in [7, 11) is 11.0. The molecule has 8 aromatic carbocycles. The van der Waals surface area contributed by atoms with Gasteiger partial charge in [0, 0.05) is 9.52 Å². The van der Waals surface area contributed by atoms with E-state index < -0.39 is 20.8 Å². The summed E-state index contributed by atoms with van der Waals surface area (Å²) in [5.41, 5.74) is 9.55. The van der Waals surface area contributed by atoms with Crippen molar-refractivity contribution in [1.29, 1.82) is 0 Å². The van der Waals surface area contributed by atoms with Gasteiger partial charge in [-0.1, -0.05) is 199 Å². The van der Waals surface area contributed by atoms with E-state index in [-0.39, 0.29) is 0 Å². The van der Waals surface area contributed by atoms with E-state index in [1.54, 1.807) is 0 Å². The second kappa shape index (κ2) is 24.0. The Morgan fingerprint density at radius 3 is 1.12 bits per heavy atom. The van der Waals surface area contributed by atoms with Crippen molar-refractivity contribution in [1.82, 2.24) is 0 Å². The number of halogens is 2. The molecule has 4 heteroatoms. The van der Waals surface area contributed by atoms with Crippen LogP contribution in [-0.4, -0.2) is 9.52 Å². The molecule has 2 fully saturated rings. The molecule has 0 saturated heterocycles. The summed E-state index contributed by atoms with van der Waals surface area (Å²) in [6, 6.07) is 54.4. The summed E-state index contributed by atoms with van der Waals surface area (Å²) in [6.07, 6.45) is 22.1. The maximum atomic E-state index is 4.93. The van der Waals surface area contributed by atoms with Gasteiger partial charge in [0.1, 0.15) is 0 Å². The van der Waals surface area contributed by atoms with Crippen molar-refractivity contribution in [3.05, 3.63) is 157 Å². The molecule has 0 amide bonds. The van der Waals surface area contributed by atoms with Gasteiger partial charge in [-0.3, -0.25) is 0 Å². The fourth-order valence-corrected chi connectivity index (χ4v) is 11.3. The van der Waals surface area contributed by atoms with E-state index in [0.29, 0.717) is 10.8 Å². The van der Waals surface area contributed by atoms with Crippen LogP contribution < -0.4 is 0 Å². The summed E-state index contributed by atoms with van der Waals surface area (Å²) >= 11 is -0.826. The van der Waals surface area contributed by atoms with Crippen LogP contribution in [0.2, 0.25) is 13.1 Å². The van der Waals surface area contributed by atoms with Crippen molar-refractivity contribution < 1.29 is 20.8 Å². The molecular formula is C60H68Cl2SiZr. The van der Waals surface area contributed by atoms with Crippen LogP contribution in [0.25, 0.3) is 65.3 Å². The summed E-state index contributed by atoms with van der Waals surface area (Å²) in [4.78, 5) is 0. The van der Waals surface area contributed by atoms with Crippen molar-refractivity contribution in [2.75, 3.05) is 0 Å². The Bertz CT molecular complexity index is 2470. The van der Waals surface area contributed by atoms with E-state index in [0.717, 1.165) is 9.52 Å². The maximum absolute atomic E-state index is 4.93. The quantitative estimate of drug-likeness (QED) is 0.0809. The molecule has 0 heterocycles. The Balaban J connectivity index is 0.000000171. The van der Waals surface area contributed by atoms with Gasteiger partial charge in [0.05, 0.1) is 0 Å². The molecule has 0 nitrogen and oxygen atoms in total. The Morgan fingerprint density at radius 2 is 0.766 bits per heavy atom. The van der Waals surface area contributed by atoms with Gasteiger partial charge in [0.15, 0.2) is 0 Å². The molecule has 2 aliphatic rings. The predicted octanol–water partition coefficient (Wildman–Crippen LogP) is 19.5. The van der Waals surface area contributed by atoms with Crippen LogP contribution in [0.4, 0.5) is 0 Å². The molecule has 0 bridgehead atoms. The zero-order chi connectivity index (χ0) is 44.8. The molecular weight excluding hydrogens is 911 g/mol. The fraction of sp³-hybridized carbons (Fsp3) is 0.367. The summed E-state index contributed by atoms with van der Waals surface area (Å²) in [5.74, 6) is 0. The number of hydrogen-bond acceptors (Lipinski definition) is 0. The topological polar surface area (TPSA) is 0 Å². The summed E-state index contributed by atoms with van der Waals surface area (Å²) in [6.45, 7) is 9.13. The summed E-state index contributed by atoms with van der Waals surface area (Å²) < 4.78 is 0. The third-order valence-corrected chi connectivity index (χ3v) is 14.8. The van der Waals surface area contributed by atoms with Gasteiger partial charge in [0.2, 0.25) is 0 Å². The van der Waals surface area contributed by atoms with Crippen molar-refractivity contribution in [3.63, 3.8) is 0 Å². The first-order valence-electron chi connectivity index (χ1n) is 24.3. The standard InChI is InChI=1S/2C29H31.C2H6Si.2ClH.Zr/c2*1-2-29(17-7-3-4-8-18-29)21-22-19-24-13-10-16-27(28(24)20-22)26-15-9-12-23-11-5-6-14-25(23)26;1-3-2;;;/h2*5-6,9-16,19-20H,2-4,7-8,17-18,21H2,1H3;1-2H3;2*1H;/q2*-1;;;;+4/p-2. The van der Waals surface area contributed by atoms with E-state index in [1.807, 2.05) is 0 Å².